The molecular weight excluding hydrogens is 418 g/mol. The zero-order chi connectivity index (χ0) is 22.6. The van der Waals surface area contributed by atoms with E-state index in [9.17, 15) is 4.79 Å². The number of nitrogens with two attached hydrogens (primary N) is 1. The van der Waals surface area contributed by atoms with Gasteiger partial charge in [-0.05, 0) is 30.3 Å². The fourth-order valence-corrected chi connectivity index (χ4v) is 3.46. The van der Waals surface area contributed by atoms with E-state index in [1.165, 1.54) is 12.5 Å². The zero-order valence-electron chi connectivity index (χ0n) is 17.5. The van der Waals surface area contributed by atoms with Gasteiger partial charge in [0.05, 0.1) is 11.7 Å². The Bertz CT molecular complexity index is 1420. The van der Waals surface area contributed by atoms with Crippen molar-refractivity contribution in [2.45, 2.75) is 6.42 Å². The molecule has 33 heavy (non-hydrogen) atoms. The number of nitrogens with zero attached hydrogens (tertiary/aromatic N) is 5. The molecule has 0 aliphatic rings. The minimum atomic E-state index is -0.418. The highest BCUT2D eigenvalue weighted by Crippen LogP contribution is 2.31. The summed E-state index contributed by atoms with van der Waals surface area (Å²) >= 11 is 0. The van der Waals surface area contributed by atoms with E-state index in [4.69, 9.17) is 10.2 Å². The van der Waals surface area contributed by atoms with Crippen LogP contribution in [0.2, 0.25) is 0 Å². The summed E-state index contributed by atoms with van der Waals surface area (Å²) in [6.07, 6.45) is 6.99. The molecule has 9 heteroatoms. The van der Waals surface area contributed by atoms with E-state index >= 15 is 0 Å². The lowest BCUT2D eigenvalue weighted by molar-refractivity contribution is 0.0950. The maximum Gasteiger partial charge on any atom is 0.273 e. The molecule has 0 saturated carbocycles. The molecule has 0 radical (unpaired) electrons. The Morgan fingerprint density at radius 1 is 0.939 bits per heavy atom. The molecule has 4 aromatic heterocycles. The third kappa shape index (κ3) is 4.24. The van der Waals surface area contributed by atoms with Crippen molar-refractivity contribution in [2.24, 2.45) is 0 Å². The average Bonchev–Trinajstić information content (AvgIpc) is 3.39. The van der Waals surface area contributed by atoms with Crippen LogP contribution in [0.1, 0.15) is 16.2 Å². The van der Waals surface area contributed by atoms with E-state index in [0.717, 1.165) is 22.2 Å². The first-order chi connectivity index (χ1) is 16.2. The number of hydrogen-bond acceptors (Lipinski definition) is 8. The summed E-state index contributed by atoms with van der Waals surface area (Å²) in [6.45, 7) is 0.384. The molecule has 162 valence electrons. The van der Waals surface area contributed by atoms with Crippen molar-refractivity contribution in [2.75, 3.05) is 12.3 Å². The van der Waals surface area contributed by atoms with Gasteiger partial charge in [0.15, 0.2) is 17.2 Å². The van der Waals surface area contributed by atoms with Gasteiger partial charge >= 0.3 is 0 Å². The molecular formula is C24H19N7O2. The van der Waals surface area contributed by atoms with Gasteiger partial charge in [0.1, 0.15) is 12.0 Å². The van der Waals surface area contributed by atoms with Crippen molar-refractivity contribution in [1.29, 1.82) is 0 Å². The number of hydrogen-bond donors (Lipinski definition) is 2. The molecule has 0 saturated heterocycles. The number of nitrogen functional groups attached to an aromatic ring is 1. The van der Waals surface area contributed by atoms with Crippen molar-refractivity contribution in [1.82, 2.24) is 30.2 Å². The van der Waals surface area contributed by atoms with Crippen LogP contribution in [0.5, 0.6) is 0 Å². The predicted octanol–water partition coefficient (Wildman–Crippen LogP) is 3.30. The van der Waals surface area contributed by atoms with Crippen LogP contribution in [0.3, 0.4) is 0 Å². The van der Waals surface area contributed by atoms with E-state index in [-0.39, 0.29) is 17.4 Å². The molecule has 0 atom stereocenters. The van der Waals surface area contributed by atoms with Crippen LogP contribution in [-0.4, -0.2) is 37.4 Å². The van der Waals surface area contributed by atoms with Crippen LogP contribution in [0, 0.1) is 0 Å². The van der Waals surface area contributed by atoms with Crippen molar-refractivity contribution in [3.05, 3.63) is 84.8 Å². The minimum absolute atomic E-state index is 0.00950. The summed E-state index contributed by atoms with van der Waals surface area (Å²) in [5.74, 6) is -0.166. The van der Waals surface area contributed by atoms with E-state index < -0.39 is 5.91 Å². The highest BCUT2D eigenvalue weighted by Gasteiger charge is 2.22. The topological polar surface area (TPSA) is 133 Å². The molecule has 1 amide bonds. The number of fused-ring (bicyclic) bond motifs is 1. The van der Waals surface area contributed by atoms with Gasteiger partial charge in [0.2, 0.25) is 5.89 Å². The molecule has 0 aliphatic heterocycles. The summed E-state index contributed by atoms with van der Waals surface area (Å²) in [4.78, 5) is 34.7. The van der Waals surface area contributed by atoms with E-state index in [1.54, 1.807) is 12.4 Å². The van der Waals surface area contributed by atoms with Crippen LogP contribution < -0.4 is 11.1 Å². The van der Waals surface area contributed by atoms with Gasteiger partial charge in [-0.15, -0.1) is 0 Å². The summed E-state index contributed by atoms with van der Waals surface area (Å²) < 4.78 is 5.45. The first-order valence-corrected chi connectivity index (χ1v) is 10.3. The molecule has 5 rings (SSSR count). The Hall–Kier alpha value is -4.66. The Balaban J connectivity index is 1.50. The Morgan fingerprint density at radius 2 is 1.85 bits per heavy atom. The number of amides is 1. The highest BCUT2D eigenvalue weighted by atomic mass is 16.3. The first-order valence-electron chi connectivity index (χ1n) is 10.3. The molecule has 5 aromatic rings. The number of oxazole rings is 1. The Labute approximate surface area is 188 Å². The summed E-state index contributed by atoms with van der Waals surface area (Å²) in [5, 5.41) is 3.76. The van der Waals surface area contributed by atoms with E-state index in [2.05, 4.69) is 30.2 Å². The van der Waals surface area contributed by atoms with Gasteiger partial charge in [-0.25, -0.2) is 15.0 Å². The fourth-order valence-electron chi connectivity index (χ4n) is 3.46. The molecule has 0 unspecified atom stereocenters. The van der Waals surface area contributed by atoms with Crippen molar-refractivity contribution in [3.63, 3.8) is 0 Å². The summed E-state index contributed by atoms with van der Waals surface area (Å²) in [7, 11) is 0. The number of nitrogens with one attached hydrogen (secondary N) is 1. The number of aromatic nitrogens is 5. The van der Waals surface area contributed by atoms with Crippen LogP contribution in [0.15, 0.2) is 77.8 Å². The van der Waals surface area contributed by atoms with Crippen LogP contribution >= 0.6 is 0 Å². The van der Waals surface area contributed by atoms with E-state index in [0.29, 0.717) is 24.4 Å². The quantitative estimate of drug-likeness (QED) is 0.413. The lowest BCUT2D eigenvalue weighted by Gasteiger charge is -2.12. The monoisotopic (exact) mass is 437 g/mol. The maximum atomic E-state index is 12.9. The third-order valence-electron chi connectivity index (χ3n) is 5.04. The second-order valence-corrected chi connectivity index (χ2v) is 7.23. The number of carbonyl (C=O) groups excluding carboxylic acids is 1. The zero-order valence-corrected chi connectivity index (χ0v) is 17.5. The molecule has 4 heterocycles. The number of benzene rings is 1. The second-order valence-electron chi connectivity index (χ2n) is 7.23. The fraction of sp³-hybridized carbons (Fsp3) is 0.0833. The van der Waals surface area contributed by atoms with Crippen LogP contribution in [-0.2, 0) is 6.42 Å². The molecule has 9 nitrogen and oxygen atoms in total. The molecule has 0 aliphatic carbocycles. The van der Waals surface area contributed by atoms with Gasteiger partial charge < -0.3 is 15.5 Å². The van der Waals surface area contributed by atoms with Gasteiger partial charge in [0.25, 0.3) is 5.91 Å². The average molecular weight is 437 g/mol. The molecule has 0 bridgehead atoms. The lowest BCUT2D eigenvalue weighted by Crippen LogP contribution is -2.28. The third-order valence-corrected chi connectivity index (χ3v) is 5.04. The van der Waals surface area contributed by atoms with Gasteiger partial charge in [0, 0.05) is 42.0 Å². The lowest BCUT2D eigenvalue weighted by atomic mass is 10.1. The largest absolute Gasteiger partial charge is 0.443 e. The van der Waals surface area contributed by atoms with Crippen molar-refractivity contribution >= 4 is 22.6 Å². The highest BCUT2D eigenvalue weighted by molar-refractivity contribution is 5.98. The number of carbonyl (C=O) groups is 1. The first kappa shape index (κ1) is 20.3. The predicted molar refractivity (Wildman–Crippen MR) is 123 cm³/mol. The molecule has 3 N–H and O–H groups in total. The number of pyridine rings is 2. The Kier molecular flexibility index (Phi) is 5.42. The standard InChI is InChI=1S/C24H19N7O2/c25-22-21(23(32)28-11-8-17-5-1-2-9-26-17)30-19(20(31-22)24-29-12-13-33-24)16-6-7-18-15(14-16)4-3-10-27-18/h1-7,9-10,12-14H,8,11H2,(H2,25,31)(H,28,32). The van der Waals surface area contributed by atoms with E-state index in [1.807, 2.05) is 48.5 Å². The maximum absolute atomic E-state index is 12.9. The minimum Gasteiger partial charge on any atom is -0.443 e. The van der Waals surface area contributed by atoms with Crippen LogP contribution in [0.25, 0.3) is 33.7 Å². The summed E-state index contributed by atoms with van der Waals surface area (Å²) in [6, 6.07) is 15.1. The normalized spacial score (nSPS) is 10.9. The summed E-state index contributed by atoms with van der Waals surface area (Å²) in [5.41, 5.74) is 9.40. The SMILES string of the molecule is Nc1nc(-c2ncco2)c(-c2ccc3ncccc3c2)nc1C(=O)NCCc1ccccn1. The van der Waals surface area contributed by atoms with Crippen molar-refractivity contribution in [3.8, 4) is 22.8 Å². The molecule has 0 fully saturated rings. The van der Waals surface area contributed by atoms with Gasteiger partial charge in [-0.3, -0.25) is 14.8 Å². The van der Waals surface area contributed by atoms with Crippen molar-refractivity contribution < 1.29 is 9.21 Å². The Morgan fingerprint density at radius 3 is 2.67 bits per heavy atom. The van der Waals surface area contributed by atoms with Crippen LogP contribution in [0.4, 0.5) is 5.82 Å². The van der Waals surface area contributed by atoms with Gasteiger partial charge in [-0.1, -0.05) is 18.2 Å². The van der Waals surface area contributed by atoms with Gasteiger partial charge in [-0.2, -0.15) is 0 Å². The second kappa shape index (κ2) is 8.83. The molecule has 0 spiro atoms. The smallest absolute Gasteiger partial charge is 0.273 e. The molecule has 1 aromatic carbocycles. The number of rotatable bonds is 6. The number of anilines is 1.